The van der Waals surface area contributed by atoms with Crippen LogP contribution in [-0.2, 0) is 13.2 Å². The SMILES string of the molecule is Clc1ccc(OCc2c(Cl)cccc2Cl)c(CNCCSc2nnnn2-c2ccccc2)c1. The number of nitrogens with zero attached hydrogens (tertiary/aromatic N) is 4. The van der Waals surface area contributed by atoms with Gasteiger partial charge in [0.15, 0.2) is 0 Å². The summed E-state index contributed by atoms with van der Waals surface area (Å²) in [5.41, 5.74) is 2.63. The minimum atomic E-state index is 0.269. The van der Waals surface area contributed by atoms with Crippen LogP contribution in [0.4, 0.5) is 0 Å². The van der Waals surface area contributed by atoms with E-state index >= 15 is 0 Å². The first-order valence-corrected chi connectivity index (χ1v) is 12.2. The number of halogens is 3. The summed E-state index contributed by atoms with van der Waals surface area (Å²) in [6.07, 6.45) is 0. The van der Waals surface area contributed by atoms with Gasteiger partial charge in [0.1, 0.15) is 12.4 Å². The first kappa shape index (κ1) is 23.9. The minimum Gasteiger partial charge on any atom is -0.488 e. The maximum absolute atomic E-state index is 6.26. The van der Waals surface area contributed by atoms with Gasteiger partial charge in [-0.1, -0.05) is 70.8 Å². The highest BCUT2D eigenvalue weighted by atomic mass is 35.5. The lowest BCUT2D eigenvalue weighted by atomic mass is 10.2. The molecule has 33 heavy (non-hydrogen) atoms. The average molecular weight is 521 g/mol. The molecular formula is C23H20Cl3N5OS. The van der Waals surface area contributed by atoms with E-state index in [0.717, 1.165) is 40.0 Å². The number of hydrogen-bond donors (Lipinski definition) is 1. The average Bonchev–Trinajstić information content (AvgIpc) is 3.29. The first-order chi connectivity index (χ1) is 16.1. The van der Waals surface area contributed by atoms with Crippen molar-refractivity contribution < 1.29 is 4.74 Å². The molecule has 0 saturated carbocycles. The Morgan fingerprint density at radius 2 is 1.73 bits per heavy atom. The molecule has 4 rings (SSSR count). The number of tetrazole rings is 1. The summed E-state index contributed by atoms with van der Waals surface area (Å²) in [7, 11) is 0. The van der Waals surface area contributed by atoms with E-state index in [1.54, 1.807) is 34.6 Å². The molecule has 6 nitrogen and oxygen atoms in total. The second-order valence-corrected chi connectivity index (χ2v) is 9.29. The van der Waals surface area contributed by atoms with Crippen molar-refractivity contribution in [1.29, 1.82) is 0 Å². The summed E-state index contributed by atoms with van der Waals surface area (Å²) < 4.78 is 7.75. The summed E-state index contributed by atoms with van der Waals surface area (Å²) in [5, 5.41) is 18.0. The molecule has 0 spiro atoms. The summed E-state index contributed by atoms with van der Waals surface area (Å²) >= 11 is 20.3. The Labute approximate surface area is 211 Å². The van der Waals surface area contributed by atoms with Crippen molar-refractivity contribution >= 4 is 46.6 Å². The molecule has 1 N–H and O–H groups in total. The monoisotopic (exact) mass is 519 g/mol. The third kappa shape index (κ3) is 6.40. The Bertz CT molecular complexity index is 1190. The molecule has 0 saturated heterocycles. The fourth-order valence-corrected chi connectivity index (χ4v) is 4.57. The van der Waals surface area contributed by atoms with Crippen molar-refractivity contribution in [3.05, 3.63) is 92.9 Å². The molecule has 0 amide bonds. The number of benzene rings is 3. The highest BCUT2D eigenvalue weighted by molar-refractivity contribution is 7.99. The van der Waals surface area contributed by atoms with Gasteiger partial charge in [-0.3, -0.25) is 0 Å². The van der Waals surface area contributed by atoms with E-state index in [2.05, 4.69) is 20.8 Å². The van der Waals surface area contributed by atoms with Gasteiger partial charge in [0.05, 0.1) is 5.69 Å². The van der Waals surface area contributed by atoms with E-state index in [1.807, 2.05) is 48.5 Å². The van der Waals surface area contributed by atoms with Crippen LogP contribution in [0.2, 0.25) is 15.1 Å². The fraction of sp³-hybridized carbons (Fsp3) is 0.174. The molecule has 10 heteroatoms. The Kier molecular flexibility index (Phi) is 8.47. The molecule has 4 aromatic rings. The molecule has 0 bridgehead atoms. The quantitative estimate of drug-likeness (QED) is 0.202. The zero-order chi connectivity index (χ0) is 23.0. The smallest absolute Gasteiger partial charge is 0.214 e. The van der Waals surface area contributed by atoms with Crippen LogP contribution >= 0.6 is 46.6 Å². The molecule has 1 aromatic heterocycles. The molecule has 0 fully saturated rings. The Morgan fingerprint density at radius 1 is 0.939 bits per heavy atom. The van der Waals surface area contributed by atoms with E-state index in [9.17, 15) is 0 Å². The second kappa shape index (κ2) is 11.7. The van der Waals surface area contributed by atoms with Gasteiger partial charge in [-0.25, -0.2) is 0 Å². The number of ether oxygens (including phenoxy) is 1. The van der Waals surface area contributed by atoms with Crippen LogP contribution in [0.1, 0.15) is 11.1 Å². The third-order valence-corrected chi connectivity index (χ3v) is 6.59. The van der Waals surface area contributed by atoms with E-state index in [1.165, 1.54) is 0 Å². The highest BCUT2D eigenvalue weighted by Crippen LogP contribution is 2.28. The van der Waals surface area contributed by atoms with Crippen LogP contribution in [0.3, 0.4) is 0 Å². The van der Waals surface area contributed by atoms with Gasteiger partial charge in [-0.05, 0) is 52.9 Å². The van der Waals surface area contributed by atoms with Crippen molar-refractivity contribution in [1.82, 2.24) is 25.5 Å². The molecule has 170 valence electrons. The number of nitrogens with one attached hydrogen (secondary N) is 1. The normalized spacial score (nSPS) is 11.0. The number of aromatic nitrogens is 4. The zero-order valence-corrected chi connectivity index (χ0v) is 20.5. The predicted molar refractivity (Wildman–Crippen MR) is 134 cm³/mol. The van der Waals surface area contributed by atoms with Crippen molar-refractivity contribution in [2.75, 3.05) is 12.3 Å². The number of thioether (sulfide) groups is 1. The molecule has 0 aliphatic heterocycles. The van der Waals surface area contributed by atoms with Crippen LogP contribution in [0, 0.1) is 0 Å². The van der Waals surface area contributed by atoms with Gasteiger partial charge < -0.3 is 10.1 Å². The van der Waals surface area contributed by atoms with E-state index < -0.39 is 0 Å². The fourth-order valence-electron chi connectivity index (χ4n) is 3.08. The van der Waals surface area contributed by atoms with Gasteiger partial charge in [-0.2, -0.15) is 4.68 Å². The van der Waals surface area contributed by atoms with Crippen LogP contribution in [-0.4, -0.2) is 32.5 Å². The molecule has 1 heterocycles. The highest BCUT2D eigenvalue weighted by Gasteiger charge is 2.11. The van der Waals surface area contributed by atoms with E-state index in [4.69, 9.17) is 39.5 Å². The minimum absolute atomic E-state index is 0.269. The second-order valence-electron chi connectivity index (χ2n) is 6.97. The van der Waals surface area contributed by atoms with Crippen LogP contribution in [0.25, 0.3) is 5.69 Å². The van der Waals surface area contributed by atoms with E-state index in [-0.39, 0.29) is 6.61 Å². The predicted octanol–water partition coefficient (Wildman–Crippen LogP) is 6.08. The maximum Gasteiger partial charge on any atom is 0.214 e. The van der Waals surface area contributed by atoms with Crippen LogP contribution in [0.15, 0.2) is 71.9 Å². The number of hydrogen-bond acceptors (Lipinski definition) is 6. The molecule has 0 atom stereocenters. The van der Waals surface area contributed by atoms with Crippen molar-refractivity contribution in [2.45, 2.75) is 18.3 Å². The Balaban J connectivity index is 1.31. The van der Waals surface area contributed by atoms with Crippen molar-refractivity contribution in [3.8, 4) is 11.4 Å². The molecular weight excluding hydrogens is 501 g/mol. The van der Waals surface area contributed by atoms with Gasteiger partial charge >= 0.3 is 0 Å². The molecule has 0 radical (unpaired) electrons. The third-order valence-electron chi connectivity index (χ3n) is 4.72. The number of rotatable bonds is 10. The van der Waals surface area contributed by atoms with Crippen molar-refractivity contribution in [3.63, 3.8) is 0 Å². The Morgan fingerprint density at radius 3 is 2.52 bits per heavy atom. The van der Waals surface area contributed by atoms with Gasteiger partial charge in [0.2, 0.25) is 5.16 Å². The lowest BCUT2D eigenvalue weighted by Crippen LogP contribution is -2.17. The summed E-state index contributed by atoms with van der Waals surface area (Å²) in [6, 6.07) is 20.7. The first-order valence-electron chi connectivity index (χ1n) is 10.1. The topological polar surface area (TPSA) is 64.9 Å². The van der Waals surface area contributed by atoms with Gasteiger partial charge in [0.25, 0.3) is 0 Å². The standard InChI is InChI=1S/C23H20Cl3N5OS/c24-17-9-10-22(32-15-19-20(25)7-4-8-21(19)26)16(13-17)14-27-11-12-33-23-28-29-30-31(23)18-5-2-1-3-6-18/h1-10,13,27H,11-12,14-15H2. The molecule has 3 aromatic carbocycles. The molecule has 0 unspecified atom stereocenters. The lowest BCUT2D eigenvalue weighted by molar-refractivity contribution is 0.302. The van der Waals surface area contributed by atoms with Gasteiger partial charge in [0, 0.05) is 45.0 Å². The maximum atomic E-state index is 6.26. The zero-order valence-electron chi connectivity index (χ0n) is 17.4. The van der Waals surface area contributed by atoms with Crippen LogP contribution < -0.4 is 10.1 Å². The molecule has 0 aliphatic rings. The summed E-state index contributed by atoms with van der Waals surface area (Å²) in [4.78, 5) is 0. The summed E-state index contributed by atoms with van der Waals surface area (Å²) in [5.74, 6) is 1.52. The van der Waals surface area contributed by atoms with E-state index in [0.29, 0.717) is 21.6 Å². The lowest BCUT2D eigenvalue weighted by Gasteiger charge is -2.14. The largest absolute Gasteiger partial charge is 0.488 e. The Hall–Kier alpha value is -2.29. The van der Waals surface area contributed by atoms with Gasteiger partial charge in [-0.15, -0.1) is 5.10 Å². The van der Waals surface area contributed by atoms with Crippen molar-refractivity contribution in [2.24, 2.45) is 0 Å². The van der Waals surface area contributed by atoms with Crippen LogP contribution in [0.5, 0.6) is 5.75 Å². The number of para-hydroxylation sites is 1. The molecule has 0 aliphatic carbocycles. The summed E-state index contributed by atoms with van der Waals surface area (Å²) in [6.45, 7) is 1.61.